The number of aromatic hydroxyl groups is 1. The number of rotatable bonds is 2. The van der Waals surface area contributed by atoms with E-state index < -0.39 is 0 Å². The van der Waals surface area contributed by atoms with Crippen molar-refractivity contribution >= 4 is 47.8 Å². The molecule has 5 heteroatoms. The summed E-state index contributed by atoms with van der Waals surface area (Å²) in [5, 5.41) is 9.87. The molecular formula is C10H12Br3NO. The van der Waals surface area contributed by atoms with E-state index in [2.05, 4.69) is 52.7 Å². The summed E-state index contributed by atoms with van der Waals surface area (Å²) in [6.45, 7) is 2.72. The summed E-state index contributed by atoms with van der Waals surface area (Å²) in [5.74, 6) is 0.257. The second kappa shape index (κ2) is 5.17. The van der Waals surface area contributed by atoms with E-state index in [1.165, 1.54) is 0 Å². The van der Waals surface area contributed by atoms with Crippen molar-refractivity contribution in [2.75, 3.05) is 14.1 Å². The standard InChI is InChI=1S/C10H12Br3NO/c1-5-7(11)6(4-14(2)3)9(13)10(15)8(5)12/h15H,4H2,1-3H3. The van der Waals surface area contributed by atoms with Crippen molar-refractivity contribution in [2.45, 2.75) is 13.5 Å². The largest absolute Gasteiger partial charge is 0.506 e. The number of hydrogen-bond donors (Lipinski definition) is 1. The van der Waals surface area contributed by atoms with Gasteiger partial charge in [-0.15, -0.1) is 0 Å². The average molecular weight is 402 g/mol. The van der Waals surface area contributed by atoms with Crippen molar-refractivity contribution in [3.8, 4) is 5.75 Å². The van der Waals surface area contributed by atoms with Gasteiger partial charge in [0.2, 0.25) is 0 Å². The van der Waals surface area contributed by atoms with Gasteiger partial charge >= 0.3 is 0 Å². The molecule has 0 heterocycles. The van der Waals surface area contributed by atoms with Crippen molar-refractivity contribution in [3.05, 3.63) is 24.5 Å². The molecule has 0 unspecified atom stereocenters. The molecule has 0 aliphatic rings. The molecule has 0 radical (unpaired) electrons. The van der Waals surface area contributed by atoms with Gasteiger partial charge in [0.25, 0.3) is 0 Å². The minimum absolute atomic E-state index is 0.257. The summed E-state index contributed by atoms with van der Waals surface area (Å²) in [7, 11) is 3.99. The smallest absolute Gasteiger partial charge is 0.144 e. The van der Waals surface area contributed by atoms with Gasteiger partial charge in [0.15, 0.2) is 0 Å². The number of nitrogens with zero attached hydrogens (tertiary/aromatic N) is 1. The predicted octanol–water partition coefficient (Wildman–Crippen LogP) is 4.05. The number of halogens is 3. The molecule has 0 saturated carbocycles. The van der Waals surface area contributed by atoms with Crippen LogP contribution >= 0.6 is 47.8 Å². The minimum Gasteiger partial charge on any atom is -0.506 e. The van der Waals surface area contributed by atoms with E-state index in [4.69, 9.17) is 0 Å². The highest BCUT2D eigenvalue weighted by molar-refractivity contribution is 9.11. The number of phenolic OH excluding ortho intramolecular Hbond substituents is 1. The zero-order valence-electron chi connectivity index (χ0n) is 8.74. The summed E-state index contributed by atoms with van der Waals surface area (Å²) in [6, 6.07) is 0. The molecule has 0 bridgehead atoms. The fourth-order valence-electron chi connectivity index (χ4n) is 1.29. The van der Waals surface area contributed by atoms with Crippen LogP contribution in [0.2, 0.25) is 0 Å². The summed E-state index contributed by atoms with van der Waals surface area (Å²) in [6.07, 6.45) is 0. The van der Waals surface area contributed by atoms with Gasteiger partial charge in [-0.2, -0.15) is 0 Å². The van der Waals surface area contributed by atoms with Crippen LogP contribution in [0.25, 0.3) is 0 Å². The Bertz CT molecular complexity index is 362. The number of phenols is 1. The summed E-state index contributed by atoms with van der Waals surface area (Å²) < 4.78 is 2.48. The van der Waals surface area contributed by atoms with Gasteiger partial charge in [0.05, 0.1) is 8.95 Å². The van der Waals surface area contributed by atoms with Crippen LogP contribution in [-0.2, 0) is 6.54 Å². The zero-order chi connectivity index (χ0) is 11.7. The highest BCUT2D eigenvalue weighted by Crippen LogP contribution is 2.42. The molecule has 1 N–H and O–H groups in total. The van der Waals surface area contributed by atoms with Crippen LogP contribution in [-0.4, -0.2) is 24.1 Å². The third kappa shape index (κ3) is 2.75. The molecule has 0 saturated heterocycles. The lowest BCUT2D eigenvalue weighted by Crippen LogP contribution is -2.12. The molecule has 0 aromatic heterocycles. The summed E-state index contributed by atoms with van der Waals surface area (Å²) in [4.78, 5) is 2.05. The molecule has 84 valence electrons. The normalized spacial score (nSPS) is 11.1. The van der Waals surface area contributed by atoms with Crippen molar-refractivity contribution in [2.24, 2.45) is 0 Å². The van der Waals surface area contributed by atoms with E-state index in [9.17, 15) is 5.11 Å². The highest BCUT2D eigenvalue weighted by atomic mass is 79.9. The van der Waals surface area contributed by atoms with Crippen LogP contribution in [0.3, 0.4) is 0 Å². The third-order valence-corrected chi connectivity index (χ3v) is 4.98. The molecule has 1 rings (SSSR count). The lowest BCUT2D eigenvalue weighted by Gasteiger charge is -2.17. The zero-order valence-corrected chi connectivity index (χ0v) is 13.5. The van der Waals surface area contributed by atoms with Crippen LogP contribution in [0.4, 0.5) is 0 Å². The maximum absolute atomic E-state index is 9.87. The second-order valence-electron chi connectivity index (χ2n) is 3.63. The SMILES string of the molecule is Cc1c(Br)c(O)c(Br)c(CN(C)C)c1Br. The Kier molecular flexibility index (Phi) is 4.64. The lowest BCUT2D eigenvalue weighted by molar-refractivity contribution is 0.397. The van der Waals surface area contributed by atoms with Gasteiger partial charge in [0.1, 0.15) is 5.75 Å². The molecular weight excluding hydrogens is 390 g/mol. The first-order valence-electron chi connectivity index (χ1n) is 4.35. The van der Waals surface area contributed by atoms with Gasteiger partial charge < -0.3 is 10.0 Å². The van der Waals surface area contributed by atoms with Gasteiger partial charge in [0, 0.05) is 11.0 Å². The van der Waals surface area contributed by atoms with Crippen molar-refractivity contribution in [1.29, 1.82) is 0 Å². The van der Waals surface area contributed by atoms with E-state index in [0.717, 1.165) is 31.1 Å². The van der Waals surface area contributed by atoms with E-state index in [1.807, 2.05) is 21.0 Å². The molecule has 1 aromatic carbocycles. The lowest BCUT2D eigenvalue weighted by atomic mass is 10.1. The Hall–Kier alpha value is 0.420. The summed E-state index contributed by atoms with van der Waals surface area (Å²) in [5.41, 5.74) is 2.06. The Labute approximate surface area is 115 Å². The molecule has 0 aliphatic heterocycles. The second-order valence-corrected chi connectivity index (χ2v) is 6.01. The maximum Gasteiger partial charge on any atom is 0.144 e. The van der Waals surface area contributed by atoms with Crippen LogP contribution < -0.4 is 0 Å². The van der Waals surface area contributed by atoms with Crippen LogP contribution in [0, 0.1) is 6.92 Å². The molecule has 0 aliphatic carbocycles. The fraction of sp³-hybridized carbons (Fsp3) is 0.400. The fourth-order valence-corrected chi connectivity index (χ4v) is 3.53. The topological polar surface area (TPSA) is 23.5 Å². The molecule has 15 heavy (non-hydrogen) atoms. The van der Waals surface area contributed by atoms with Crippen molar-refractivity contribution in [3.63, 3.8) is 0 Å². The Morgan fingerprint density at radius 2 is 1.60 bits per heavy atom. The van der Waals surface area contributed by atoms with Gasteiger partial charge in [-0.05, 0) is 64.0 Å². The first kappa shape index (κ1) is 13.5. The van der Waals surface area contributed by atoms with Crippen molar-refractivity contribution in [1.82, 2.24) is 4.90 Å². The van der Waals surface area contributed by atoms with E-state index in [0.29, 0.717) is 0 Å². The Morgan fingerprint density at radius 1 is 1.07 bits per heavy atom. The van der Waals surface area contributed by atoms with Crippen LogP contribution in [0.5, 0.6) is 5.75 Å². The number of benzene rings is 1. The third-order valence-electron chi connectivity index (χ3n) is 2.08. The highest BCUT2D eigenvalue weighted by Gasteiger charge is 2.17. The van der Waals surface area contributed by atoms with Crippen LogP contribution in [0.1, 0.15) is 11.1 Å². The van der Waals surface area contributed by atoms with E-state index >= 15 is 0 Å². The van der Waals surface area contributed by atoms with Crippen LogP contribution in [0.15, 0.2) is 13.4 Å². The molecule has 0 spiro atoms. The van der Waals surface area contributed by atoms with Gasteiger partial charge in [-0.25, -0.2) is 0 Å². The first-order chi connectivity index (χ1) is 6.86. The minimum atomic E-state index is 0.257. The predicted molar refractivity (Wildman–Crippen MR) is 73.3 cm³/mol. The summed E-state index contributed by atoms with van der Waals surface area (Å²) >= 11 is 10.3. The molecule has 0 amide bonds. The quantitative estimate of drug-likeness (QED) is 0.808. The monoisotopic (exact) mass is 399 g/mol. The first-order valence-corrected chi connectivity index (χ1v) is 6.73. The molecule has 0 atom stereocenters. The molecule has 0 fully saturated rings. The van der Waals surface area contributed by atoms with E-state index in [1.54, 1.807) is 0 Å². The average Bonchev–Trinajstić information content (AvgIpc) is 2.18. The van der Waals surface area contributed by atoms with Gasteiger partial charge in [-0.1, -0.05) is 15.9 Å². The molecule has 2 nitrogen and oxygen atoms in total. The Balaban J connectivity index is 3.39. The van der Waals surface area contributed by atoms with Crippen molar-refractivity contribution < 1.29 is 5.11 Å². The number of hydrogen-bond acceptors (Lipinski definition) is 2. The molecule has 1 aromatic rings. The Morgan fingerprint density at radius 3 is 2.07 bits per heavy atom. The van der Waals surface area contributed by atoms with Gasteiger partial charge in [-0.3, -0.25) is 0 Å². The maximum atomic E-state index is 9.87. The van der Waals surface area contributed by atoms with E-state index in [-0.39, 0.29) is 5.75 Å².